The van der Waals surface area contributed by atoms with Crippen molar-refractivity contribution >= 4 is 11.8 Å². The van der Waals surface area contributed by atoms with Gasteiger partial charge < -0.3 is 10.2 Å². The van der Waals surface area contributed by atoms with Gasteiger partial charge in [0.2, 0.25) is 0 Å². The van der Waals surface area contributed by atoms with Crippen LogP contribution in [-0.2, 0) is 0 Å². The number of para-hydroxylation sites is 1. The third-order valence-corrected chi connectivity index (χ3v) is 1.89. The molecule has 0 aliphatic carbocycles. The largest absolute Gasteiger partial charge is 0.506 e. The molecule has 0 radical (unpaired) electrons. The van der Waals surface area contributed by atoms with Crippen LogP contribution in [0.25, 0.3) is 0 Å². The number of rotatable bonds is 3. The highest BCUT2D eigenvalue weighted by atomic mass is 16.4. The Morgan fingerprint density at radius 1 is 1.29 bits per heavy atom. The summed E-state index contributed by atoms with van der Waals surface area (Å²) in [7, 11) is 0. The Morgan fingerprint density at radius 2 is 1.86 bits per heavy atom. The van der Waals surface area contributed by atoms with E-state index in [1.54, 1.807) is 6.92 Å². The minimum Gasteiger partial charge on any atom is -0.506 e. The number of carboxylic acids is 1. The summed E-state index contributed by atoms with van der Waals surface area (Å²) in [4.78, 5) is 21.9. The van der Waals surface area contributed by atoms with E-state index in [0.29, 0.717) is 0 Å². The van der Waals surface area contributed by atoms with Crippen LogP contribution in [-0.4, -0.2) is 22.0 Å². The number of aromatic hydroxyl groups is 1. The fourth-order valence-corrected chi connectivity index (χ4v) is 1.13. The maximum atomic E-state index is 11.3. The van der Waals surface area contributed by atoms with Gasteiger partial charge in [0.05, 0.1) is 5.56 Å². The van der Waals surface area contributed by atoms with Gasteiger partial charge in [0.15, 0.2) is 5.78 Å². The number of hydrogen-bond donors (Lipinski definition) is 2. The van der Waals surface area contributed by atoms with E-state index in [9.17, 15) is 14.7 Å². The van der Waals surface area contributed by atoms with Gasteiger partial charge in [-0.3, -0.25) is 4.79 Å². The predicted molar refractivity (Wildman–Crippen MR) is 49.7 cm³/mol. The molecule has 0 heterocycles. The number of ketones is 1. The lowest BCUT2D eigenvalue weighted by Gasteiger charge is -2.04. The van der Waals surface area contributed by atoms with Crippen molar-refractivity contribution in [2.75, 3.05) is 0 Å². The Kier molecular flexibility index (Phi) is 2.86. The summed E-state index contributed by atoms with van der Waals surface area (Å²) in [6.45, 7) is 1.65. The Morgan fingerprint density at radius 3 is 2.36 bits per heavy atom. The molecule has 0 bridgehead atoms. The third-order valence-electron chi connectivity index (χ3n) is 1.89. The van der Waals surface area contributed by atoms with Crippen molar-refractivity contribution in [1.82, 2.24) is 0 Å². The molecule has 0 unspecified atom stereocenters. The number of carboxylic acid groups (broad SMARTS) is 1. The molecule has 1 aromatic carbocycles. The van der Waals surface area contributed by atoms with Crippen molar-refractivity contribution in [3.63, 3.8) is 0 Å². The first-order valence-corrected chi connectivity index (χ1v) is 4.16. The van der Waals surface area contributed by atoms with Gasteiger partial charge in [-0.25, -0.2) is 4.79 Å². The predicted octanol–water partition coefficient (Wildman–Crippen LogP) is 1.68. The summed E-state index contributed by atoms with van der Waals surface area (Å²) in [5, 5.41) is 18.1. The summed E-state index contributed by atoms with van der Waals surface area (Å²) in [6.07, 6.45) is 0.233. The number of benzene rings is 1. The van der Waals surface area contributed by atoms with Crippen molar-refractivity contribution in [3.05, 3.63) is 29.3 Å². The van der Waals surface area contributed by atoms with E-state index in [4.69, 9.17) is 5.11 Å². The molecule has 0 spiro atoms. The average Bonchev–Trinajstić information content (AvgIpc) is 2.16. The lowest BCUT2D eigenvalue weighted by Crippen LogP contribution is -2.03. The number of carbonyl (C=O) groups is 2. The Bertz CT molecular complexity index is 382. The normalized spacial score (nSPS) is 9.79. The second-order valence-corrected chi connectivity index (χ2v) is 2.78. The Balaban J connectivity index is 3.27. The van der Waals surface area contributed by atoms with Gasteiger partial charge in [0.25, 0.3) is 0 Å². The maximum Gasteiger partial charge on any atom is 0.339 e. The van der Waals surface area contributed by atoms with Crippen molar-refractivity contribution in [1.29, 1.82) is 0 Å². The summed E-state index contributed by atoms with van der Waals surface area (Å²) in [6, 6.07) is 4.10. The number of Topliss-reactive ketones (excluding diaryl/α,β-unsaturated/α-hetero) is 1. The summed E-state index contributed by atoms with van der Waals surface area (Å²) >= 11 is 0. The van der Waals surface area contributed by atoms with E-state index < -0.39 is 11.7 Å². The minimum atomic E-state index is -1.24. The van der Waals surface area contributed by atoms with Gasteiger partial charge in [-0.05, 0) is 12.1 Å². The molecule has 1 rings (SSSR count). The van der Waals surface area contributed by atoms with Crippen molar-refractivity contribution in [2.24, 2.45) is 0 Å². The SMILES string of the molecule is CCC(=O)c1cccc(C(=O)O)c1O. The maximum absolute atomic E-state index is 11.3. The van der Waals surface area contributed by atoms with Crippen LogP contribution in [0.5, 0.6) is 5.75 Å². The monoisotopic (exact) mass is 194 g/mol. The fourth-order valence-electron chi connectivity index (χ4n) is 1.13. The van der Waals surface area contributed by atoms with Gasteiger partial charge in [0, 0.05) is 6.42 Å². The molecule has 0 aliphatic heterocycles. The highest BCUT2D eigenvalue weighted by Crippen LogP contribution is 2.23. The first-order valence-electron chi connectivity index (χ1n) is 4.16. The zero-order chi connectivity index (χ0) is 10.7. The van der Waals surface area contributed by atoms with E-state index in [1.807, 2.05) is 0 Å². The van der Waals surface area contributed by atoms with Gasteiger partial charge >= 0.3 is 5.97 Å². The van der Waals surface area contributed by atoms with Crippen LogP contribution in [0.3, 0.4) is 0 Å². The first kappa shape index (κ1) is 10.2. The number of phenols is 1. The first-order chi connectivity index (χ1) is 6.57. The van der Waals surface area contributed by atoms with E-state index in [1.165, 1.54) is 18.2 Å². The van der Waals surface area contributed by atoms with Crippen LogP contribution >= 0.6 is 0 Å². The smallest absolute Gasteiger partial charge is 0.339 e. The van der Waals surface area contributed by atoms with E-state index in [-0.39, 0.29) is 23.3 Å². The van der Waals surface area contributed by atoms with Crippen LogP contribution in [0.1, 0.15) is 34.1 Å². The minimum absolute atomic E-state index is 0.0624. The molecule has 74 valence electrons. The van der Waals surface area contributed by atoms with Crippen molar-refractivity contribution in [3.8, 4) is 5.75 Å². The molecular formula is C10H10O4. The number of aromatic carboxylic acids is 1. The second kappa shape index (κ2) is 3.91. The summed E-state index contributed by atoms with van der Waals surface area (Å²) in [5.74, 6) is -1.97. The molecule has 4 nitrogen and oxygen atoms in total. The molecule has 0 aliphatic rings. The lowest BCUT2D eigenvalue weighted by molar-refractivity contribution is 0.0693. The molecule has 0 amide bonds. The lowest BCUT2D eigenvalue weighted by atomic mass is 10.0. The third kappa shape index (κ3) is 1.74. The summed E-state index contributed by atoms with van der Waals surface area (Å²) < 4.78 is 0. The molecule has 4 heteroatoms. The molecule has 0 aromatic heterocycles. The quantitative estimate of drug-likeness (QED) is 0.718. The number of carbonyl (C=O) groups excluding carboxylic acids is 1. The standard InChI is InChI=1S/C10H10O4/c1-2-8(11)6-4-3-5-7(9(6)12)10(13)14/h3-5,12H,2H2,1H3,(H,13,14). The van der Waals surface area contributed by atoms with Gasteiger partial charge in [-0.15, -0.1) is 0 Å². The zero-order valence-electron chi connectivity index (χ0n) is 7.65. The van der Waals surface area contributed by atoms with E-state index >= 15 is 0 Å². The molecule has 1 aromatic rings. The molecule has 0 saturated carbocycles. The van der Waals surface area contributed by atoms with Crippen LogP contribution < -0.4 is 0 Å². The second-order valence-electron chi connectivity index (χ2n) is 2.78. The van der Waals surface area contributed by atoms with Gasteiger partial charge in [-0.2, -0.15) is 0 Å². The molecule has 2 N–H and O–H groups in total. The van der Waals surface area contributed by atoms with Crippen molar-refractivity contribution in [2.45, 2.75) is 13.3 Å². The van der Waals surface area contributed by atoms with E-state index in [2.05, 4.69) is 0 Å². The summed E-state index contributed by atoms with van der Waals surface area (Å²) in [5.41, 5.74) is -0.184. The average molecular weight is 194 g/mol. The highest BCUT2D eigenvalue weighted by Gasteiger charge is 2.16. The Hall–Kier alpha value is -1.84. The van der Waals surface area contributed by atoms with Crippen LogP contribution in [0.2, 0.25) is 0 Å². The highest BCUT2D eigenvalue weighted by molar-refractivity contribution is 6.02. The van der Waals surface area contributed by atoms with Crippen LogP contribution in [0.15, 0.2) is 18.2 Å². The molecule has 0 atom stereocenters. The topological polar surface area (TPSA) is 74.6 Å². The zero-order valence-corrected chi connectivity index (χ0v) is 7.65. The van der Waals surface area contributed by atoms with Crippen LogP contribution in [0.4, 0.5) is 0 Å². The van der Waals surface area contributed by atoms with Gasteiger partial charge in [-0.1, -0.05) is 13.0 Å². The molecule has 14 heavy (non-hydrogen) atoms. The van der Waals surface area contributed by atoms with E-state index in [0.717, 1.165) is 0 Å². The Labute approximate surface area is 80.8 Å². The van der Waals surface area contributed by atoms with Gasteiger partial charge in [0.1, 0.15) is 11.3 Å². The molecular weight excluding hydrogens is 184 g/mol. The number of hydrogen-bond acceptors (Lipinski definition) is 3. The molecule has 0 fully saturated rings. The fraction of sp³-hybridized carbons (Fsp3) is 0.200. The van der Waals surface area contributed by atoms with Crippen molar-refractivity contribution < 1.29 is 19.8 Å². The van der Waals surface area contributed by atoms with Crippen LogP contribution in [0, 0.1) is 0 Å². The molecule has 0 saturated heterocycles.